The van der Waals surface area contributed by atoms with Crippen LogP contribution in [0.15, 0.2) is 23.3 Å². The maximum absolute atomic E-state index is 13.4. The van der Waals surface area contributed by atoms with Crippen molar-refractivity contribution in [3.8, 4) is 0 Å². The van der Waals surface area contributed by atoms with Gasteiger partial charge in [-0.1, -0.05) is 44.1 Å². The molecule has 1 saturated heterocycles. The minimum atomic E-state index is -1.32. The van der Waals surface area contributed by atoms with Gasteiger partial charge in [-0.25, -0.2) is 0 Å². The number of Topliss-reactive ketones (excluding diaryl/α,β-unsaturated/α-hetero) is 1. The van der Waals surface area contributed by atoms with Crippen LogP contribution in [-0.2, 0) is 19.1 Å². The SMILES string of the molecule is CC1=C[C@@H]2/C=C(/C)C[C@@H](O)CC(=O)CCC(=O)O[C@]23C(=O)N[C@@H](CC(C)C)[C@@H]3[C@@H]1C. The van der Waals surface area contributed by atoms with Crippen LogP contribution in [0.25, 0.3) is 0 Å². The number of aliphatic hydroxyl groups is 1. The Labute approximate surface area is 179 Å². The van der Waals surface area contributed by atoms with Gasteiger partial charge in [0.2, 0.25) is 5.60 Å². The van der Waals surface area contributed by atoms with E-state index >= 15 is 0 Å². The number of amides is 1. The number of carbonyl (C=O) groups is 3. The topological polar surface area (TPSA) is 92.7 Å². The first-order valence-corrected chi connectivity index (χ1v) is 11.1. The van der Waals surface area contributed by atoms with Gasteiger partial charge in [0.15, 0.2) is 0 Å². The van der Waals surface area contributed by atoms with Crippen molar-refractivity contribution < 1.29 is 24.2 Å². The zero-order valence-corrected chi connectivity index (χ0v) is 18.7. The average molecular weight is 418 g/mol. The van der Waals surface area contributed by atoms with E-state index in [2.05, 4.69) is 33.0 Å². The summed E-state index contributed by atoms with van der Waals surface area (Å²) >= 11 is 0. The lowest BCUT2D eigenvalue weighted by Gasteiger charge is -2.45. The standard InChI is InChI=1S/C24H35NO5/c1-13(2)8-20-22-16(5)15(4)11-17-9-14(3)10-19(27)12-18(26)6-7-21(28)30-24(17,22)23(29)25-20/h9,11,13,16-17,19-20,22,27H,6-8,10,12H2,1-5H3,(H,25,29)/b14-9-/t16-,17+,19-,20+,22+,24-/m1/s1. The first-order chi connectivity index (χ1) is 14.0. The van der Waals surface area contributed by atoms with Gasteiger partial charge in [0.05, 0.1) is 12.5 Å². The summed E-state index contributed by atoms with van der Waals surface area (Å²) < 4.78 is 6.05. The molecule has 3 rings (SSSR count). The second kappa shape index (κ2) is 8.66. The van der Waals surface area contributed by atoms with Gasteiger partial charge in [-0.05, 0) is 38.5 Å². The summed E-state index contributed by atoms with van der Waals surface area (Å²) in [6.45, 7) is 10.3. The molecule has 0 aromatic carbocycles. The van der Waals surface area contributed by atoms with E-state index < -0.39 is 23.6 Å². The predicted octanol–water partition coefficient (Wildman–Crippen LogP) is 3.09. The number of rotatable bonds is 2. The Kier molecular flexibility index (Phi) is 6.56. The number of ether oxygens (including phenoxy) is 1. The Bertz CT molecular complexity index is 782. The molecule has 3 aliphatic rings. The minimum Gasteiger partial charge on any atom is -0.448 e. The second-order valence-corrected chi connectivity index (χ2v) is 9.84. The van der Waals surface area contributed by atoms with Crippen molar-refractivity contribution in [3.05, 3.63) is 23.3 Å². The molecule has 6 atom stereocenters. The maximum Gasteiger partial charge on any atom is 0.307 e. The third-order valence-electron chi connectivity index (χ3n) is 6.90. The molecule has 0 aromatic rings. The molecule has 1 aliphatic carbocycles. The zero-order chi connectivity index (χ0) is 22.2. The number of aliphatic hydroxyl groups excluding tert-OH is 1. The van der Waals surface area contributed by atoms with Gasteiger partial charge in [-0.2, -0.15) is 0 Å². The fraction of sp³-hybridized carbons (Fsp3) is 0.708. The predicted molar refractivity (Wildman–Crippen MR) is 113 cm³/mol. The normalized spacial score (nSPS) is 39.6. The Morgan fingerprint density at radius 2 is 1.87 bits per heavy atom. The Morgan fingerprint density at radius 3 is 2.53 bits per heavy atom. The largest absolute Gasteiger partial charge is 0.448 e. The van der Waals surface area contributed by atoms with Crippen molar-refractivity contribution in [2.75, 3.05) is 0 Å². The molecule has 2 heterocycles. The third kappa shape index (κ3) is 4.25. The molecule has 1 amide bonds. The van der Waals surface area contributed by atoms with E-state index in [0.29, 0.717) is 12.3 Å². The lowest BCUT2D eigenvalue weighted by molar-refractivity contribution is -0.177. The molecule has 0 bridgehead atoms. The summed E-state index contributed by atoms with van der Waals surface area (Å²) in [7, 11) is 0. The van der Waals surface area contributed by atoms with Crippen LogP contribution in [0.4, 0.5) is 0 Å². The number of hydrogen-bond acceptors (Lipinski definition) is 5. The van der Waals surface area contributed by atoms with Gasteiger partial charge in [0.25, 0.3) is 5.91 Å². The van der Waals surface area contributed by atoms with Gasteiger partial charge in [0, 0.05) is 30.7 Å². The van der Waals surface area contributed by atoms with Gasteiger partial charge < -0.3 is 15.2 Å². The highest BCUT2D eigenvalue weighted by Crippen LogP contribution is 2.51. The van der Waals surface area contributed by atoms with Crippen LogP contribution >= 0.6 is 0 Å². The number of nitrogens with one attached hydrogen (secondary N) is 1. The highest BCUT2D eigenvalue weighted by molar-refractivity contribution is 5.93. The maximum atomic E-state index is 13.4. The molecule has 0 radical (unpaired) electrons. The average Bonchev–Trinajstić information content (AvgIpc) is 2.88. The monoisotopic (exact) mass is 417 g/mol. The van der Waals surface area contributed by atoms with Crippen molar-refractivity contribution in [3.63, 3.8) is 0 Å². The number of ketones is 1. The second-order valence-electron chi connectivity index (χ2n) is 9.84. The molecule has 30 heavy (non-hydrogen) atoms. The zero-order valence-electron chi connectivity index (χ0n) is 18.7. The summed E-state index contributed by atoms with van der Waals surface area (Å²) in [5.74, 6) is -1.07. The molecule has 0 aromatic heterocycles. The molecule has 6 nitrogen and oxygen atoms in total. The molecule has 1 spiro atoms. The van der Waals surface area contributed by atoms with E-state index in [4.69, 9.17) is 4.74 Å². The number of esters is 1. The Hall–Kier alpha value is -1.95. The van der Waals surface area contributed by atoms with E-state index in [9.17, 15) is 19.5 Å². The summed E-state index contributed by atoms with van der Waals surface area (Å²) in [6, 6.07) is -0.0831. The first kappa shape index (κ1) is 22.7. The minimum absolute atomic E-state index is 0.0194. The van der Waals surface area contributed by atoms with Crippen LogP contribution in [0.3, 0.4) is 0 Å². The molecule has 166 valence electrons. The van der Waals surface area contributed by atoms with Gasteiger partial charge in [-0.3, -0.25) is 14.4 Å². The Morgan fingerprint density at radius 1 is 1.17 bits per heavy atom. The summed E-state index contributed by atoms with van der Waals surface area (Å²) in [5, 5.41) is 13.4. The van der Waals surface area contributed by atoms with Crippen LogP contribution in [0.1, 0.15) is 66.7 Å². The van der Waals surface area contributed by atoms with Crippen molar-refractivity contribution in [2.45, 2.75) is 84.5 Å². The molecule has 2 N–H and O–H groups in total. The lowest BCUT2D eigenvalue weighted by atomic mass is 9.63. The smallest absolute Gasteiger partial charge is 0.307 e. The highest BCUT2D eigenvalue weighted by Gasteiger charge is 2.64. The number of allylic oxidation sites excluding steroid dienone is 1. The van der Waals surface area contributed by atoms with Crippen LogP contribution in [0.2, 0.25) is 0 Å². The first-order valence-electron chi connectivity index (χ1n) is 11.1. The van der Waals surface area contributed by atoms with E-state index in [1.165, 1.54) is 5.57 Å². The molecule has 0 unspecified atom stereocenters. The van der Waals surface area contributed by atoms with Crippen molar-refractivity contribution in [1.82, 2.24) is 5.32 Å². The number of hydrogen-bond donors (Lipinski definition) is 2. The molecular formula is C24H35NO5. The molecule has 2 aliphatic heterocycles. The fourth-order valence-corrected chi connectivity index (χ4v) is 5.49. The van der Waals surface area contributed by atoms with E-state index in [1.54, 1.807) is 0 Å². The van der Waals surface area contributed by atoms with Crippen LogP contribution < -0.4 is 5.32 Å². The van der Waals surface area contributed by atoms with Crippen LogP contribution in [-0.4, -0.2) is 40.5 Å². The van der Waals surface area contributed by atoms with Gasteiger partial charge >= 0.3 is 5.97 Å². The van der Waals surface area contributed by atoms with Crippen LogP contribution in [0.5, 0.6) is 0 Å². The van der Waals surface area contributed by atoms with E-state index in [-0.39, 0.29) is 48.8 Å². The lowest BCUT2D eigenvalue weighted by Crippen LogP contribution is -2.56. The summed E-state index contributed by atoms with van der Waals surface area (Å²) in [5.41, 5.74) is 0.742. The van der Waals surface area contributed by atoms with Crippen LogP contribution in [0, 0.1) is 23.7 Å². The third-order valence-corrected chi connectivity index (χ3v) is 6.90. The van der Waals surface area contributed by atoms with Crippen molar-refractivity contribution in [1.29, 1.82) is 0 Å². The van der Waals surface area contributed by atoms with Crippen molar-refractivity contribution >= 4 is 17.7 Å². The molecule has 0 saturated carbocycles. The highest BCUT2D eigenvalue weighted by atomic mass is 16.6. The molecular weight excluding hydrogens is 382 g/mol. The van der Waals surface area contributed by atoms with Gasteiger partial charge in [0.1, 0.15) is 5.78 Å². The summed E-state index contributed by atoms with van der Waals surface area (Å²) in [6.07, 6.45) is 4.34. The van der Waals surface area contributed by atoms with Gasteiger partial charge in [-0.15, -0.1) is 0 Å². The molecule has 1 fully saturated rings. The fourth-order valence-electron chi connectivity index (χ4n) is 5.49. The number of carbonyl (C=O) groups excluding carboxylic acids is 3. The van der Waals surface area contributed by atoms with Crippen molar-refractivity contribution in [2.24, 2.45) is 23.7 Å². The quantitative estimate of drug-likeness (QED) is 0.532. The Balaban J connectivity index is 2.12. The van der Waals surface area contributed by atoms with E-state index in [0.717, 1.165) is 12.0 Å². The molecule has 6 heteroatoms. The summed E-state index contributed by atoms with van der Waals surface area (Å²) in [4.78, 5) is 38.4. The van der Waals surface area contributed by atoms with E-state index in [1.807, 2.05) is 19.1 Å².